The predicted molar refractivity (Wildman–Crippen MR) is 79.5 cm³/mol. The van der Waals surface area contributed by atoms with E-state index in [0.29, 0.717) is 22.6 Å². The van der Waals surface area contributed by atoms with Crippen LogP contribution in [-0.2, 0) is 0 Å². The topological polar surface area (TPSA) is 80.0 Å². The maximum absolute atomic E-state index is 12.0. The molecule has 5 nitrogen and oxygen atoms in total. The van der Waals surface area contributed by atoms with Gasteiger partial charge in [0.15, 0.2) is 0 Å². The highest BCUT2D eigenvalue weighted by Crippen LogP contribution is 2.31. The minimum absolute atomic E-state index is 0.114. The Bertz CT molecular complexity index is 567. The Morgan fingerprint density at radius 1 is 1.47 bits per heavy atom. The number of fused-ring (bicyclic) bond motifs is 1. The molecular formula is C13H18N4OS. The van der Waals surface area contributed by atoms with Crippen molar-refractivity contribution in [3.63, 3.8) is 0 Å². The highest BCUT2D eigenvalue weighted by atomic mass is 32.1. The molecule has 2 rings (SSSR count). The lowest BCUT2D eigenvalue weighted by Crippen LogP contribution is -2.27. The molecule has 19 heavy (non-hydrogen) atoms. The average molecular weight is 278 g/mol. The second kappa shape index (κ2) is 6.49. The number of hydrogen-bond donors (Lipinski definition) is 3. The molecule has 0 bridgehead atoms. The molecule has 102 valence electrons. The van der Waals surface area contributed by atoms with Crippen molar-refractivity contribution in [2.75, 3.05) is 25.4 Å². The van der Waals surface area contributed by atoms with E-state index in [4.69, 9.17) is 5.73 Å². The van der Waals surface area contributed by atoms with Crippen molar-refractivity contribution in [2.45, 2.75) is 13.3 Å². The smallest absolute Gasteiger partial charge is 0.263 e. The molecule has 0 aromatic carbocycles. The molecule has 0 aliphatic heterocycles. The first kappa shape index (κ1) is 13.8. The van der Waals surface area contributed by atoms with Gasteiger partial charge in [-0.25, -0.2) is 0 Å². The van der Waals surface area contributed by atoms with Crippen LogP contribution in [0.3, 0.4) is 0 Å². The summed E-state index contributed by atoms with van der Waals surface area (Å²) >= 11 is 1.39. The first-order valence-corrected chi connectivity index (χ1v) is 7.17. The van der Waals surface area contributed by atoms with E-state index in [1.54, 1.807) is 6.20 Å². The van der Waals surface area contributed by atoms with Gasteiger partial charge in [0.05, 0.1) is 10.4 Å². The lowest BCUT2D eigenvalue weighted by molar-refractivity contribution is 0.0958. The molecule has 2 aromatic heterocycles. The van der Waals surface area contributed by atoms with Gasteiger partial charge in [0.25, 0.3) is 5.91 Å². The Morgan fingerprint density at radius 2 is 2.32 bits per heavy atom. The van der Waals surface area contributed by atoms with Crippen LogP contribution in [0.2, 0.25) is 0 Å². The Morgan fingerprint density at radius 3 is 3.05 bits per heavy atom. The molecule has 0 atom stereocenters. The van der Waals surface area contributed by atoms with Crippen LogP contribution in [0.25, 0.3) is 10.2 Å². The fourth-order valence-corrected chi connectivity index (χ4v) is 2.79. The van der Waals surface area contributed by atoms with E-state index in [9.17, 15) is 4.79 Å². The maximum atomic E-state index is 12.0. The second-order valence-corrected chi connectivity index (χ2v) is 5.21. The van der Waals surface area contributed by atoms with Crippen LogP contribution in [0.15, 0.2) is 18.3 Å². The van der Waals surface area contributed by atoms with Crippen molar-refractivity contribution < 1.29 is 4.79 Å². The van der Waals surface area contributed by atoms with Crippen molar-refractivity contribution in [3.05, 3.63) is 23.2 Å². The largest absolute Gasteiger partial charge is 0.396 e. The van der Waals surface area contributed by atoms with Crippen molar-refractivity contribution in [1.29, 1.82) is 0 Å². The van der Waals surface area contributed by atoms with Gasteiger partial charge in [-0.1, -0.05) is 6.92 Å². The SMILES string of the molecule is CCNCCCNC(=O)c1sc2cccnc2c1N. The molecule has 0 saturated carbocycles. The van der Waals surface area contributed by atoms with Crippen LogP contribution in [0.5, 0.6) is 0 Å². The average Bonchev–Trinajstić information content (AvgIpc) is 2.76. The highest BCUT2D eigenvalue weighted by Gasteiger charge is 2.16. The highest BCUT2D eigenvalue weighted by molar-refractivity contribution is 7.21. The molecule has 0 unspecified atom stereocenters. The van der Waals surface area contributed by atoms with Gasteiger partial charge in [-0.15, -0.1) is 11.3 Å². The summed E-state index contributed by atoms with van der Waals surface area (Å²) in [4.78, 5) is 16.8. The number of rotatable bonds is 6. The summed E-state index contributed by atoms with van der Waals surface area (Å²) in [6.45, 7) is 4.56. The van der Waals surface area contributed by atoms with Gasteiger partial charge >= 0.3 is 0 Å². The van der Waals surface area contributed by atoms with E-state index >= 15 is 0 Å². The van der Waals surface area contributed by atoms with Gasteiger partial charge < -0.3 is 16.4 Å². The number of hydrogen-bond acceptors (Lipinski definition) is 5. The number of anilines is 1. The number of amides is 1. The number of nitrogens with zero attached hydrogens (tertiary/aromatic N) is 1. The Kier molecular flexibility index (Phi) is 4.70. The van der Waals surface area contributed by atoms with Crippen molar-refractivity contribution in [1.82, 2.24) is 15.6 Å². The summed E-state index contributed by atoms with van der Waals surface area (Å²) < 4.78 is 0.942. The van der Waals surface area contributed by atoms with Crippen molar-refractivity contribution in [2.24, 2.45) is 0 Å². The number of pyridine rings is 1. The number of aromatic nitrogens is 1. The van der Waals surface area contributed by atoms with Gasteiger partial charge in [-0.05, 0) is 31.6 Å². The predicted octanol–water partition coefficient (Wildman–Crippen LogP) is 1.61. The minimum Gasteiger partial charge on any atom is -0.396 e. The fraction of sp³-hybridized carbons (Fsp3) is 0.385. The Balaban J connectivity index is 1.99. The lowest BCUT2D eigenvalue weighted by Gasteiger charge is -2.04. The van der Waals surface area contributed by atoms with Crippen molar-refractivity contribution in [3.8, 4) is 0 Å². The summed E-state index contributed by atoms with van der Waals surface area (Å²) in [6.07, 6.45) is 2.59. The van der Waals surface area contributed by atoms with E-state index in [1.807, 2.05) is 12.1 Å². The van der Waals surface area contributed by atoms with E-state index in [0.717, 1.165) is 24.2 Å². The van der Waals surface area contributed by atoms with Crippen LogP contribution in [0.4, 0.5) is 5.69 Å². The van der Waals surface area contributed by atoms with Crippen LogP contribution in [0, 0.1) is 0 Å². The molecular weight excluding hydrogens is 260 g/mol. The van der Waals surface area contributed by atoms with Gasteiger partial charge in [-0.3, -0.25) is 9.78 Å². The Hall–Kier alpha value is -1.66. The third-order valence-corrected chi connectivity index (χ3v) is 3.91. The minimum atomic E-state index is -0.114. The maximum Gasteiger partial charge on any atom is 0.263 e. The van der Waals surface area contributed by atoms with Crippen LogP contribution < -0.4 is 16.4 Å². The van der Waals surface area contributed by atoms with E-state index in [1.165, 1.54) is 11.3 Å². The molecule has 6 heteroatoms. The zero-order valence-corrected chi connectivity index (χ0v) is 11.7. The van der Waals surface area contributed by atoms with E-state index in [2.05, 4.69) is 22.5 Å². The molecule has 2 heterocycles. The quantitative estimate of drug-likeness (QED) is 0.701. The molecule has 1 amide bonds. The molecule has 0 radical (unpaired) electrons. The zero-order valence-electron chi connectivity index (χ0n) is 10.9. The number of thiophene rings is 1. The molecule has 0 saturated heterocycles. The molecule has 2 aromatic rings. The second-order valence-electron chi connectivity index (χ2n) is 4.16. The molecule has 0 spiro atoms. The van der Waals surface area contributed by atoms with E-state index in [-0.39, 0.29) is 5.91 Å². The third kappa shape index (κ3) is 3.21. The summed E-state index contributed by atoms with van der Waals surface area (Å²) in [5.74, 6) is -0.114. The Labute approximate surface area is 116 Å². The fourth-order valence-electron chi connectivity index (χ4n) is 1.79. The number of nitrogens with one attached hydrogen (secondary N) is 2. The summed E-state index contributed by atoms with van der Waals surface area (Å²) in [7, 11) is 0. The van der Waals surface area contributed by atoms with Gasteiger partial charge in [-0.2, -0.15) is 0 Å². The van der Waals surface area contributed by atoms with E-state index < -0.39 is 0 Å². The van der Waals surface area contributed by atoms with Crippen LogP contribution in [-0.4, -0.2) is 30.5 Å². The number of nitrogens with two attached hydrogens (primary N) is 1. The first-order chi connectivity index (χ1) is 9.24. The van der Waals surface area contributed by atoms with Crippen LogP contribution in [0.1, 0.15) is 23.0 Å². The molecule has 0 aliphatic carbocycles. The van der Waals surface area contributed by atoms with Gasteiger partial charge in [0, 0.05) is 12.7 Å². The summed E-state index contributed by atoms with van der Waals surface area (Å²) in [5, 5.41) is 6.09. The first-order valence-electron chi connectivity index (χ1n) is 6.36. The third-order valence-electron chi connectivity index (χ3n) is 2.75. The molecule has 0 aliphatic rings. The van der Waals surface area contributed by atoms with Gasteiger partial charge in [0.1, 0.15) is 10.4 Å². The monoisotopic (exact) mass is 278 g/mol. The molecule has 4 N–H and O–H groups in total. The van der Waals surface area contributed by atoms with Crippen molar-refractivity contribution >= 4 is 33.1 Å². The van der Waals surface area contributed by atoms with Crippen LogP contribution >= 0.6 is 11.3 Å². The van der Waals surface area contributed by atoms with Gasteiger partial charge in [0.2, 0.25) is 0 Å². The summed E-state index contributed by atoms with van der Waals surface area (Å²) in [6, 6.07) is 3.77. The number of carbonyl (C=O) groups is 1. The number of nitrogen functional groups attached to an aromatic ring is 1. The normalized spacial score (nSPS) is 10.8. The lowest BCUT2D eigenvalue weighted by atomic mass is 10.3. The molecule has 0 fully saturated rings. The number of carbonyl (C=O) groups excluding carboxylic acids is 1. The summed E-state index contributed by atoms with van der Waals surface area (Å²) in [5.41, 5.74) is 7.16. The standard InChI is InChI=1S/C13H18N4OS/c1-2-15-6-4-8-17-13(18)12-10(14)11-9(19-12)5-3-7-16-11/h3,5,7,15H,2,4,6,8,14H2,1H3,(H,17,18). The zero-order chi connectivity index (χ0) is 13.7.